The number of fused-ring (bicyclic) bond motifs is 1. The highest BCUT2D eigenvalue weighted by Gasteiger charge is 2.09. The predicted molar refractivity (Wildman–Crippen MR) is 100 cm³/mol. The maximum absolute atomic E-state index is 11.9. The van der Waals surface area contributed by atoms with Crippen molar-refractivity contribution in [3.8, 4) is 0 Å². The molecule has 1 heterocycles. The maximum atomic E-state index is 11.9. The van der Waals surface area contributed by atoms with Gasteiger partial charge in [0.15, 0.2) is 0 Å². The highest BCUT2D eigenvalue weighted by molar-refractivity contribution is 5.75. The van der Waals surface area contributed by atoms with E-state index in [9.17, 15) is 4.79 Å². The van der Waals surface area contributed by atoms with E-state index in [-0.39, 0.29) is 5.97 Å². The highest BCUT2D eigenvalue weighted by Crippen LogP contribution is 2.12. The van der Waals surface area contributed by atoms with Crippen LogP contribution >= 0.6 is 0 Å². The van der Waals surface area contributed by atoms with Gasteiger partial charge in [0.25, 0.3) is 0 Å². The number of para-hydroxylation sites is 1. The Labute approximate surface area is 150 Å². The van der Waals surface area contributed by atoms with E-state index in [0.717, 1.165) is 23.9 Å². The zero-order valence-electron chi connectivity index (χ0n) is 15.5. The van der Waals surface area contributed by atoms with Gasteiger partial charge in [-0.2, -0.15) is 0 Å². The molecule has 0 atom stereocenters. The summed E-state index contributed by atoms with van der Waals surface area (Å²) in [6, 6.07) is 7.44. The van der Waals surface area contributed by atoms with Crippen molar-refractivity contribution in [3.63, 3.8) is 0 Å². The molecule has 25 heavy (non-hydrogen) atoms. The minimum Gasteiger partial charge on any atom is -0.317 e. The number of benzene rings is 1. The number of hydrogen-bond acceptors (Lipinski definition) is 4. The highest BCUT2D eigenvalue weighted by atomic mass is 16.7. The smallest absolute Gasteiger partial charge is 0.317 e. The molecular formula is C20H31N3O2. The Kier molecular flexibility index (Phi) is 9.02. The van der Waals surface area contributed by atoms with Gasteiger partial charge in [-0.15, -0.1) is 5.10 Å². The van der Waals surface area contributed by atoms with Crippen LogP contribution in [0, 0.1) is 0 Å². The third kappa shape index (κ3) is 7.24. The summed E-state index contributed by atoms with van der Waals surface area (Å²) in [6.07, 6.45) is 14.4. The predicted octanol–water partition coefficient (Wildman–Crippen LogP) is 5.09. The van der Waals surface area contributed by atoms with E-state index >= 15 is 0 Å². The molecule has 0 saturated heterocycles. The SMILES string of the molecule is CCCCCCCCCCCCCC(=O)On1nnc2ccccc21. The van der Waals surface area contributed by atoms with Crippen LogP contribution in [0.3, 0.4) is 0 Å². The third-order valence-electron chi connectivity index (χ3n) is 4.49. The molecule has 2 rings (SSSR count). The molecule has 0 radical (unpaired) electrons. The summed E-state index contributed by atoms with van der Waals surface area (Å²) in [5, 5.41) is 7.83. The van der Waals surface area contributed by atoms with Crippen LogP contribution in [0.1, 0.15) is 84.0 Å². The lowest BCUT2D eigenvalue weighted by molar-refractivity contribution is -0.145. The molecule has 0 bridgehead atoms. The molecule has 0 spiro atoms. The van der Waals surface area contributed by atoms with Crippen molar-refractivity contribution in [1.29, 1.82) is 0 Å². The minimum atomic E-state index is -0.244. The number of unbranched alkanes of at least 4 members (excludes halogenated alkanes) is 10. The van der Waals surface area contributed by atoms with Gasteiger partial charge in [-0.05, 0) is 23.8 Å². The Morgan fingerprint density at radius 1 is 0.920 bits per heavy atom. The number of carbonyl (C=O) groups is 1. The summed E-state index contributed by atoms with van der Waals surface area (Å²) >= 11 is 0. The summed E-state index contributed by atoms with van der Waals surface area (Å²) in [7, 11) is 0. The second-order valence-corrected chi connectivity index (χ2v) is 6.70. The molecule has 2 aromatic rings. The summed E-state index contributed by atoms with van der Waals surface area (Å²) in [6.45, 7) is 2.25. The second-order valence-electron chi connectivity index (χ2n) is 6.70. The van der Waals surface area contributed by atoms with Crippen LogP contribution in [0.25, 0.3) is 11.0 Å². The van der Waals surface area contributed by atoms with Gasteiger partial charge in [-0.25, -0.2) is 4.79 Å². The van der Waals surface area contributed by atoms with Crippen LogP contribution in [-0.2, 0) is 4.79 Å². The molecule has 0 unspecified atom stereocenters. The first-order chi connectivity index (χ1) is 12.3. The zero-order chi connectivity index (χ0) is 17.7. The molecular weight excluding hydrogens is 314 g/mol. The van der Waals surface area contributed by atoms with Gasteiger partial charge in [0.2, 0.25) is 0 Å². The summed E-state index contributed by atoms with van der Waals surface area (Å²) in [5.74, 6) is -0.244. The van der Waals surface area contributed by atoms with Crippen molar-refractivity contribution < 1.29 is 9.63 Å². The van der Waals surface area contributed by atoms with Crippen molar-refractivity contribution in [3.05, 3.63) is 24.3 Å². The Bertz CT molecular complexity index is 624. The third-order valence-corrected chi connectivity index (χ3v) is 4.49. The molecule has 0 aliphatic rings. The van der Waals surface area contributed by atoms with Crippen LogP contribution in [0.15, 0.2) is 24.3 Å². The average molecular weight is 345 g/mol. The monoisotopic (exact) mass is 345 g/mol. The van der Waals surface area contributed by atoms with Crippen LogP contribution in [-0.4, -0.2) is 21.1 Å². The van der Waals surface area contributed by atoms with Gasteiger partial charge < -0.3 is 4.84 Å². The zero-order valence-corrected chi connectivity index (χ0v) is 15.5. The van der Waals surface area contributed by atoms with Crippen LogP contribution in [0.5, 0.6) is 0 Å². The van der Waals surface area contributed by atoms with Crippen molar-refractivity contribution >= 4 is 17.0 Å². The molecule has 138 valence electrons. The fraction of sp³-hybridized carbons (Fsp3) is 0.650. The number of aromatic nitrogens is 3. The molecule has 0 aliphatic heterocycles. The molecule has 0 N–H and O–H groups in total. The lowest BCUT2D eigenvalue weighted by Gasteiger charge is -2.04. The molecule has 5 heteroatoms. The number of hydrogen-bond donors (Lipinski definition) is 0. The van der Waals surface area contributed by atoms with Crippen molar-refractivity contribution in [1.82, 2.24) is 15.2 Å². The van der Waals surface area contributed by atoms with Crippen molar-refractivity contribution in [2.24, 2.45) is 0 Å². The summed E-state index contributed by atoms with van der Waals surface area (Å²) in [4.78, 5) is 18.4. The molecule has 1 aromatic heterocycles. The lowest BCUT2D eigenvalue weighted by Crippen LogP contribution is -2.20. The Morgan fingerprint density at radius 2 is 1.52 bits per heavy atom. The lowest BCUT2D eigenvalue weighted by atomic mass is 10.1. The van der Waals surface area contributed by atoms with Gasteiger partial charge in [-0.1, -0.05) is 88.1 Å². The topological polar surface area (TPSA) is 57.0 Å². The fourth-order valence-electron chi connectivity index (χ4n) is 2.99. The van der Waals surface area contributed by atoms with E-state index in [1.807, 2.05) is 24.3 Å². The molecule has 5 nitrogen and oxygen atoms in total. The van der Waals surface area contributed by atoms with Gasteiger partial charge in [0.1, 0.15) is 11.0 Å². The van der Waals surface area contributed by atoms with Crippen LogP contribution < -0.4 is 4.84 Å². The van der Waals surface area contributed by atoms with Crippen molar-refractivity contribution in [2.45, 2.75) is 84.0 Å². The molecule has 0 aliphatic carbocycles. The van der Waals surface area contributed by atoms with E-state index < -0.39 is 0 Å². The van der Waals surface area contributed by atoms with E-state index in [4.69, 9.17) is 4.84 Å². The van der Waals surface area contributed by atoms with Gasteiger partial charge >= 0.3 is 5.97 Å². The van der Waals surface area contributed by atoms with Crippen molar-refractivity contribution in [2.75, 3.05) is 0 Å². The number of rotatable bonds is 13. The Balaban J connectivity index is 1.49. The first-order valence-corrected chi connectivity index (χ1v) is 9.83. The summed E-state index contributed by atoms with van der Waals surface area (Å²) < 4.78 is 0. The second kappa shape index (κ2) is 11.6. The normalized spacial score (nSPS) is 11.1. The average Bonchev–Trinajstić information content (AvgIpc) is 3.03. The standard InChI is InChI=1S/C20H31N3O2/c1-2-3-4-5-6-7-8-9-10-11-12-17-20(24)25-23-19-16-14-13-15-18(19)21-22-23/h13-16H,2-12,17H2,1H3. The van der Waals surface area contributed by atoms with Gasteiger partial charge in [0.05, 0.1) is 0 Å². The van der Waals surface area contributed by atoms with E-state index in [0.29, 0.717) is 6.42 Å². The first-order valence-electron chi connectivity index (χ1n) is 9.83. The van der Waals surface area contributed by atoms with E-state index in [1.165, 1.54) is 62.6 Å². The Hall–Kier alpha value is -1.91. The fourth-order valence-corrected chi connectivity index (χ4v) is 2.99. The van der Waals surface area contributed by atoms with Gasteiger partial charge in [-0.3, -0.25) is 0 Å². The number of carbonyl (C=O) groups excluding carboxylic acids is 1. The number of nitrogens with zero attached hydrogens (tertiary/aromatic N) is 3. The van der Waals surface area contributed by atoms with E-state index in [2.05, 4.69) is 17.2 Å². The molecule has 0 saturated carbocycles. The van der Waals surface area contributed by atoms with Crippen LogP contribution in [0.2, 0.25) is 0 Å². The summed E-state index contributed by atoms with van der Waals surface area (Å²) in [5.41, 5.74) is 1.44. The minimum absolute atomic E-state index is 0.244. The molecule has 1 aromatic carbocycles. The van der Waals surface area contributed by atoms with E-state index in [1.54, 1.807) is 0 Å². The van der Waals surface area contributed by atoms with Gasteiger partial charge in [0, 0.05) is 6.42 Å². The maximum Gasteiger partial charge on any atom is 0.335 e. The molecule has 0 fully saturated rings. The van der Waals surface area contributed by atoms with Crippen LogP contribution in [0.4, 0.5) is 0 Å². The largest absolute Gasteiger partial charge is 0.335 e. The quantitative estimate of drug-likeness (QED) is 0.375. The molecule has 0 amide bonds. The Morgan fingerprint density at radius 3 is 2.20 bits per heavy atom. The first kappa shape index (κ1) is 19.4.